The Kier molecular flexibility index (Phi) is 2.04. The zero-order chi connectivity index (χ0) is 12.8. The molecule has 0 unspecified atom stereocenters. The Bertz CT molecular complexity index is 918. The molecule has 19 heavy (non-hydrogen) atoms. The molecule has 0 aliphatic heterocycles. The molecule has 1 N–H and O–H groups in total. The topological polar surface area (TPSA) is 76.5 Å². The number of aromatic nitrogens is 5. The molecule has 0 saturated carbocycles. The van der Waals surface area contributed by atoms with Gasteiger partial charge in [-0.2, -0.15) is 9.78 Å². The van der Waals surface area contributed by atoms with Crippen LogP contribution in [0.4, 0.5) is 0 Å². The van der Waals surface area contributed by atoms with E-state index in [1.807, 2.05) is 24.3 Å². The van der Waals surface area contributed by atoms with Crippen molar-refractivity contribution in [2.75, 3.05) is 0 Å². The highest BCUT2D eigenvalue weighted by molar-refractivity contribution is 7.20. The van der Waals surface area contributed by atoms with E-state index in [4.69, 9.17) is 0 Å². The highest BCUT2D eigenvalue weighted by Crippen LogP contribution is 2.25. The third kappa shape index (κ3) is 1.48. The van der Waals surface area contributed by atoms with Crippen LogP contribution in [0.3, 0.4) is 0 Å². The van der Waals surface area contributed by atoms with Gasteiger partial charge in [0.25, 0.3) is 5.56 Å². The van der Waals surface area contributed by atoms with Gasteiger partial charge in [0, 0.05) is 0 Å². The highest BCUT2D eigenvalue weighted by atomic mass is 32.1. The van der Waals surface area contributed by atoms with Crippen molar-refractivity contribution in [3.63, 3.8) is 0 Å². The van der Waals surface area contributed by atoms with E-state index in [9.17, 15) is 4.79 Å². The lowest BCUT2D eigenvalue weighted by Gasteiger charge is -1.95. The van der Waals surface area contributed by atoms with Crippen LogP contribution in [-0.2, 0) is 0 Å². The van der Waals surface area contributed by atoms with Gasteiger partial charge in [-0.15, -0.1) is 0 Å². The Balaban J connectivity index is 2.04. The predicted octanol–water partition coefficient (Wildman–Crippen LogP) is 1.72. The quantitative estimate of drug-likeness (QED) is 0.571. The maximum Gasteiger partial charge on any atom is 0.261 e. The van der Waals surface area contributed by atoms with Crippen molar-refractivity contribution in [2.24, 2.45) is 0 Å². The molecule has 0 aliphatic carbocycles. The average Bonchev–Trinajstić information content (AvgIpc) is 3.02. The number of fused-ring (bicyclic) bond motifs is 2. The average molecular weight is 269 g/mol. The molecule has 0 fully saturated rings. The van der Waals surface area contributed by atoms with Crippen LogP contribution in [0.2, 0.25) is 0 Å². The maximum absolute atomic E-state index is 11.6. The summed E-state index contributed by atoms with van der Waals surface area (Å²) in [6.45, 7) is 0. The fraction of sp³-hybridized carbons (Fsp3) is 0. The van der Waals surface area contributed by atoms with Gasteiger partial charge in [-0.1, -0.05) is 23.5 Å². The van der Waals surface area contributed by atoms with Crippen molar-refractivity contribution >= 4 is 32.6 Å². The van der Waals surface area contributed by atoms with Gasteiger partial charge in [0.15, 0.2) is 5.65 Å². The van der Waals surface area contributed by atoms with Crippen molar-refractivity contribution < 1.29 is 0 Å². The first-order chi connectivity index (χ1) is 9.33. The zero-order valence-electron chi connectivity index (χ0n) is 9.57. The van der Waals surface area contributed by atoms with E-state index in [2.05, 4.69) is 20.1 Å². The summed E-state index contributed by atoms with van der Waals surface area (Å²) in [5, 5.41) is 5.37. The fourth-order valence-corrected chi connectivity index (χ4v) is 2.87. The largest absolute Gasteiger partial charge is 0.312 e. The summed E-state index contributed by atoms with van der Waals surface area (Å²) in [5.41, 5.74) is 1.23. The van der Waals surface area contributed by atoms with Crippen molar-refractivity contribution in [3.05, 3.63) is 47.1 Å². The number of hydrogen-bond acceptors (Lipinski definition) is 5. The van der Waals surface area contributed by atoms with E-state index < -0.39 is 0 Å². The number of aromatic amines is 1. The standard InChI is InChI=1S/C12H7N5OS/c18-11-7-5-15-17(10(7)13-6-14-11)12-16-8-3-1-2-4-9(8)19-12/h1-6H,(H,13,14,18). The first-order valence-electron chi connectivity index (χ1n) is 5.60. The summed E-state index contributed by atoms with van der Waals surface area (Å²) < 4.78 is 2.67. The first kappa shape index (κ1) is 10.4. The molecule has 0 aliphatic rings. The van der Waals surface area contributed by atoms with Gasteiger partial charge >= 0.3 is 0 Å². The molecule has 0 radical (unpaired) electrons. The molecule has 1 aromatic carbocycles. The Hall–Kier alpha value is -2.54. The number of benzene rings is 1. The summed E-state index contributed by atoms with van der Waals surface area (Å²) in [4.78, 5) is 22.8. The van der Waals surface area contributed by atoms with Gasteiger partial charge in [0.05, 0.1) is 22.7 Å². The summed E-state index contributed by atoms with van der Waals surface area (Å²) in [5.74, 6) is 0. The summed E-state index contributed by atoms with van der Waals surface area (Å²) in [6.07, 6.45) is 2.88. The van der Waals surface area contributed by atoms with Crippen LogP contribution in [0.15, 0.2) is 41.6 Å². The van der Waals surface area contributed by atoms with Gasteiger partial charge < -0.3 is 4.98 Å². The minimum absolute atomic E-state index is 0.197. The second-order valence-corrected chi connectivity index (χ2v) is 5.00. The Morgan fingerprint density at radius 2 is 2.16 bits per heavy atom. The second kappa shape index (κ2) is 3.72. The van der Waals surface area contributed by atoms with Crippen LogP contribution < -0.4 is 5.56 Å². The van der Waals surface area contributed by atoms with Crippen LogP contribution >= 0.6 is 11.3 Å². The van der Waals surface area contributed by atoms with Gasteiger partial charge in [0.2, 0.25) is 5.13 Å². The number of rotatable bonds is 1. The molecule has 0 spiro atoms. The molecule has 7 heteroatoms. The normalized spacial score (nSPS) is 11.4. The Morgan fingerprint density at radius 1 is 1.26 bits per heavy atom. The van der Waals surface area contributed by atoms with E-state index in [0.717, 1.165) is 10.2 Å². The van der Waals surface area contributed by atoms with Crippen molar-refractivity contribution in [1.82, 2.24) is 24.7 Å². The van der Waals surface area contributed by atoms with Crippen molar-refractivity contribution in [2.45, 2.75) is 0 Å². The van der Waals surface area contributed by atoms with Crippen LogP contribution in [0, 0.1) is 0 Å². The smallest absolute Gasteiger partial charge is 0.261 e. The molecule has 0 bridgehead atoms. The molecule has 0 amide bonds. The van der Waals surface area contributed by atoms with E-state index in [-0.39, 0.29) is 5.56 Å². The third-order valence-electron chi connectivity index (χ3n) is 2.83. The zero-order valence-corrected chi connectivity index (χ0v) is 10.4. The molecule has 4 aromatic rings. The molecule has 3 heterocycles. The van der Waals surface area contributed by atoms with E-state index >= 15 is 0 Å². The summed E-state index contributed by atoms with van der Waals surface area (Å²) in [7, 11) is 0. The molecule has 6 nitrogen and oxygen atoms in total. The monoisotopic (exact) mass is 269 g/mol. The first-order valence-corrected chi connectivity index (χ1v) is 6.42. The van der Waals surface area contributed by atoms with E-state index in [1.165, 1.54) is 23.9 Å². The molecular formula is C12H7N5OS. The molecule has 92 valence electrons. The highest BCUT2D eigenvalue weighted by Gasteiger charge is 2.12. The Morgan fingerprint density at radius 3 is 3.05 bits per heavy atom. The van der Waals surface area contributed by atoms with Gasteiger partial charge in [-0.3, -0.25) is 4.79 Å². The minimum Gasteiger partial charge on any atom is -0.312 e. The number of nitrogens with zero attached hydrogens (tertiary/aromatic N) is 4. The van der Waals surface area contributed by atoms with Gasteiger partial charge in [0.1, 0.15) is 5.39 Å². The SMILES string of the molecule is O=c1[nH]cnc2c1cnn2-c1nc2ccccc2s1. The van der Waals surface area contributed by atoms with Crippen LogP contribution in [0.1, 0.15) is 0 Å². The lowest BCUT2D eigenvalue weighted by atomic mass is 10.3. The van der Waals surface area contributed by atoms with Crippen molar-refractivity contribution in [3.8, 4) is 5.13 Å². The summed E-state index contributed by atoms with van der Waals surface area (Å²) >= 11 is 1.51. The Labute approximate surface area is 110 Å². The number of thiazole rings is 1. The van der Waals surface area contributed by atoms with Crippen LogP contribution in [0.5, 0.6) is 0 Å². The lowest BCUT2D eigenvalue weighted by Crippen LogP contribution is -2.06. The number of H-pyrrole nitrogens is 1. The summed E-state index contributed by atoms with van der Waals surface area (Å²) in [6, 6.07) is 7.86. The van der Waals surface area contributed by atoms with Crippen LogP contribution in [-0.4, -0.2) is 24.7 Å². The molecule has 0 saturated heterocycles. The van der Waals surface area contributed by atoms with Gasteiger partial charge in [-0.25, -0.2) is 9.97 Å². The number of nitrogens with one attached hydrogen (secondary N) is 1. The number of hydrogen-bond donors (Lipinski definition) is 1. The predicted molar refractivity (Wildman–Crippen MR) is 72.7 cm³/mol. The minimum atomic E-state index is -0.197. The van der Waals surface area contributed by atoms with E-state index in [1.54, 1.807) is 4.68 Å². The lowest BCUT2D eigenvalue weighted by molar-refractivity contribution is 0.887. The molecule has 4 rings (SSSR count). The molecule has 0 atom stereocenters. The number of para-hydroxylation sites is 1. The van der Waals surface area contributed by atoms with Crippen molar-refractivity contribution in [1.29, 1.82) is 0 Å². The maximum atomic E-state index is 11.6. The van der Waals surface area contributed by atoms with Crippen LogP contribution in [0.25, 0.3) is 26.4 Å². The van der Waals surface area contributed by atoms with Gasteiger partial charge in [-0.05, 0) is 12.1 Å². The van der Waals surface area contributed by atoms with E-state index in [0.29, 0.717) is 16.2 Å². The fourth-order valence-electron chi connectivity index (χ4n) is 1.95. The molecular weight excluding hydrogens is 262 g/mol. The second-order valence-electron chi connectivity index (χ2n) is 3.99. The molecule has 3 aromatic heterocycles. The third-order valence-corrected chi connectivity index (χ3v) is 3.85.